The van der Waals surface area contributed by atoms with Gasteiger partial charge in [-0.05, 0) is 102 Å². The minimum Gasteiger partial charge on any atom is -0.494 e. The summed E-state index contributed by atoms with van der Waals surface area (Å²) in [5, 5.41) is 0. The van der Waals surface area contributed by atoms with Crippen molar-refractivity contribution in [3.63, 3.8) is 0 Å². The fourth-order valence-corrected chi connectivity index (χ4v) is 7.00. The minimum absolute atomic E-state index is 0.250. The molecule has 5 nitrogen and oxygen atoms in total. The van der Waals surface area contributed by atoms with Crippen molar-refractivity contribution >= 4 is 16.3 Å². The summed E-state index contributed by atoms with van der Waals surface area (Å²) in [6.07, 6.45) is 6.53. The maximum atomic E-state index is 13.0. The van der Waals surface area contributed by atoms with Crippen molar-refractivity contribution in [2.75, 3.05) is 19.8 Å². The molecule has 6 heteroatoms. The van der Waals surface area contributed by atoms with Crippen molar-refractivity contribution in [2.24, 2.45) is 0 Å². The highest BCUT2D eigenvalue weighted by atomic mass is 32.3. The monoisotopic (exact) mass is 552 g/mol. The second-order valence-corrected chi connectivity index (χ2v) is 12.1. The lowest BCUT2D eigenvalue weighted by molar-refractivity contribution is -0.133. The molecule has 0 saturated carbocycles. The number of carbonyl (C=O) groups excluding carboxylic acids is 1. The van der Waals surface area contributed by atoms with Crippen molar-refractivity contribution in [2.45, 2.75) is 87.3 Å². The van der Waals surface area contributed by atoms with Gasteiger partial charge in [0.2, 0.25) is 0 Å². The number of ether oxygens (including phenoxy) is 3. The van der Waals surface area contributed by atoms with Crippen LogP contribution in [0.3, 0.4) is 0 Å². The van der Waals surface area contributed by atoms with Crippen molar-refractivity contribution in [3.05, 3.63) is 72.8 Å². The van der Waals surface area contributed by atoms with Crippen LogP contribution in [0.2, 0.25) is 0 Å². The van der Waals surface area contributed by atoms with Crippen LogP contribution in [0.1, 0.15) is 72.6 Å². The molecule has 3 rings (SSSR count). The molecule has 0 aliphatic rings. The first-order valence-corrected chi connectivity index (χ1v) is 15.9. The average Bonchev–Trinajstić information content (AvgIpc) is 2.97. The van der Waals surface area contributed by atoms with E-state index in [0.717, 1.165) is 70.5 Å². The molecular formula is C33H44O5S. The lowest BCUT2D eigenvalue weighted by atomic mass is 10.3. The molecule has 0 aliphatic carbocycles. The first kappa shape index (κ1) is 30.4. The van der Waals surface area contributed by atoms with E-state index in [4.69, 9.17) is 18.4 Å². The van der Waals surface area contributed by atoms with Crippen LogP contribution >= 0.6 is 10.3 Å². The molecule has 0 bridgehead atoms. The maximum absolute atomic E-state index is 13.0. The van der Waals surface area contributed by atoms with E-state index in [9.17, 15) is 4.79 Å². The fourth-order valence-electron chi connectivity index (χ4n) is 3.94. The van der Waals surface area contributed by atoms with Gasteiger partial charge in [-0.3, -0.25) is 4.79 Å². The van der Waals surface area contributed by atoms with E-state index in [0.29, 0.717) is 19.8 Å². The molecule has 3 aromatic rings. The molecule has 0 aliphatic heterocycles. The minimum atomic E-state index is -2.39. The zero-order valence-corrected chi connectivity index (χ0v) is 24.8. The van der Waals surface area contributed by atoms with Gasteiger partial charge in [0.05, 0.1) is 19.8 Å². The molecule has 0 aromatic heterocycles. The Labute approximate surface area is 236 Å². The largest absolute Gasteiger partial charge is 0.494 e. The van der Waals surface area contributed by atoms with Gasteiger partial charge in [-0.2, -0.15) is 0 Å². The van der Waals surface area contributed by atoms with Gasteiger partial charge in [-0.25, -0.2) is 0 Å². The summed E-state index contributed by atoms with van der Waals surface area (Å²) in [7, 11) is -2.39. The van der Waals surface area contributed by atoms with Gasteiger partial charge >= 0.3 is 5.97 Å². The lowest BCUT2D eigenvalue weighted by Crippen LogP contribution is -2.13. The molecule has 0 spiro atoms. The van der Waals surface area contributed by atoms with Crippen LogP contribution in [0.4, 0.5) is 0 Å². The predicted octanol–water partition coefficient (Wildman–Crippen LogP) is 9.37. The number of benzene rings is 3. The van der Waals surface area contributed by atoms with E-state index in [1.807, 2.05) is 79.7 Å². The van der Waals surface area contributed by atoms with Crippen LogP contribution in [-0.4, -0.2) is 25.8 Å². The number of unbranched alkanes of at least 4 members (excludes halogenated alkanes) is 3. The number of hydrogen-bond donors (Lipinski definition) is 0. The van der Waals surface area contributed by atoms with Gasteiger partial charge in [0.15, 0.2) is 0 Å². The number of hydrogen-bond acceptors (Lipinski definition) is 5. The van der Waals surface area contributed by atoms with E-state index in [1.54, 1.807) is 0 Å². The Hall–Kier alpha value is -3.12. The summed E-state index contributed by atoms with van der Waals surface area (Å²) >= 11 is 0. The normalized spacial score (nSPS) is 11.6. The highest BCUT2D eigenvalue weighted by Crippen LogP contribution is 2.69. The van der Waals surface area contributed by atoms with Gasteiger partial charge in [0, 0.05) is 21.1 Å². The molecule has 0 unspecified atom stereocenters. The second kappa shape index (κ2) is 16.1. The van der Waals surface area contributed by atoms with Crippen molar-refractivity contribution < 1.29 is 23.2 Å². The van der Waals surface area contributed by atoms with Gasteiger partial charge in [-0.15, -0.1) is 0 Å². The zero-order chi connectivity index (χ0) is 27.9. The van der Waals surface area contributed by atoms with Crippen molar-refractivity contribution in [1.82, 2.24) is 0 Å². The second-order valence-electron chi connectivity index (χ2n) is 9.39. The summed E-state index contributed by atoms with van der Waals surface area (Å²) in [6, 6.07) is 24.0. The van der Waals surface area contributed by atoms with E-state index in [1.165, 1.54) is 0 Å². The third kappa shape index (κ3) is 8.43. The Morgan fingerprint density at radius 2 is 0.846 bits per heavy atom. The van der Waals surface area contributed by atoms with Gasteiger partial charge in [0.25, 0.3) is 0 Å². The Morgan fingerprint density at radius 1 is 0.538 bits per heavy atom. The fraction of sp³-hybridized carbons (Fsp3) is 0.424. The third-order valence-corrected chi connectivity index (χ3v) is 9.52. The van der Waals surface area contributed by atoms with Gasteiger partial charge in [-0.1, -0.05) is 47.0 Å². The Bertz CT molecular complexity index is 980. The molecule has 0 saturated heterocycles. The Balaban J connectivity index is 2.08. The Morgan fingerprint density at radius 3 is 1.10 bits per heavy atom. The molecule has 0 heterocycles. The average molecular weight is 553 g/mol. The summed E-state index contributed by atoms with van der Waals surface area (Å²) in [5.74, 6) is 2.17. The molecule has 0 atom stereocenters. The molecule has 0 radical (unpaired) electrons. The summed E-state index contributed by atoms with van der Waals surface area (Å²) < 4.78 is 24.2. The standard InChI is InChI=1S/C33H44O5S/c1-5-9-24-35-27-12-18-30(19-13-27)39(38-33(34)8-4,31-20-14-28(15-21-31)36-25-10-6-2)32-22-16-29(17-23-32)37-26-11-7-3/h12-23H,5-11,24-26H2,1-4H3. The first-order valence-electron chi connectivity index (χ1n) is 14.3. The highest BCUT2D eigenvalue weighted by molar-refractivity contribution is 8.30. The summed E-state index contributed by atoms with van der Waals surface area (Å²) in [5.41, 5.74) is 0. The topological polar surface area (TPSA) is 54.0 Å². The van der Waals surface area contributed by atoms with Crippen LogP contribution in [-0.2, 0) is 8.98 Å². The van der Waals surface area contributed by atoms with Crippen LogP contribution < -0.4 is 14.2 Å². The maximum Gasteiger partial charge on any atom is 0.316 e. The van der Waals surface area contributed by atoms with E-state index < -0.39 is 10.3 Å². The SMILES string of the molecule is CCCCOc1ccc(S(OC(=O)CC)(c2ccc(OCCCC)cc2)c2ccc(OCCCC)cc2)cc1. The van der Waals surface area contributed by atoms with Gasteiger partial charge in [0.1, 0.15) is 17.2 Å². The highest BCUT2D eigenvalue weighted by Gasteiger charge is 2.35. The zero-order valence-electron chi connectivity index (χ0n) is 23.9. The third-order valence-electron chi connectivity index (χ3n) is 6.27. The molecular weight excluding hydrogens is 508 g/mol. The molecule has 3 aromatic carbocycles. The van der Waals surface area contributed by atoms with Crippen LogP contribution in [0.5, 0.6) is 17.2 Å². The molecule has 0 amide bonds. The van der Waals surface area contributed by atoms with E-state index >= 15 is 0 Å². The Kier molecular flexibility index (Phi) is 12.6. The van der Waals surface area contributed by atoms with Crippen LogP contribution in [0.15, 0.2) is 87.5 Å². The summed E-state index contributed by atoms with van der Waals surface area (Å²) in [6.45, 7) is 10.3. The predicted molar refractivity (Wildman–Crippen MR) is 159 cm³/mol. The lowest BCUT2D eigenvalue weighted by Gasteiger charge is -2.40. The molecule has 0 N–H and O–H groups in total. The smallest absolute Gasteiger partial charge is 0.316 e. The van der Waals surface area contributed by atoms with Crippen LogP contribution in [0, 0.1) is 0 Å². The quantitative estimate of drug-likeness (QED) is 0.156. The van der Waals surface area contributed by atoms with Crippen molar-refractivity contribution in [3.8, 4) is 17.2 Å². The number of rotatable bonds is 17. The molecule has 0 fully saturated rings. The number of carbonyl (C=O) groups is 1. The van der Waals surface area contributed by atoms with Crippen LogP contribution in [0.25, 0.3) is 0 Å². The van der Waals surface area contributed by atoms with E-state index in [-0.39, 0.29) is 12.4 Å². The van der Waals surface area contributed by atoms with E-state index in [2.05, 4.69) is 20.8 Å². The van der Waals surface area contributed by atoms with Crippen molar-refractivity contribution in [1.29, 1.82) is 0 Å². The van der Waals surface area contributed by atoms with Gasteiger partial charge < -0.3 is 18.4 Å². The molecule has 39 heavy (non-hydrogen) atoms. The summed E-state index contributed by atoms with van der Waals surface area (Å²) in [4.78, 5) is 15.8. The first-order chi connectivity index (χ1) is 19.1. The molecule has 212 valence electrons.